The maximum Gasteiger partial charge on any atom is 0.251 e. The van der Waals surface area contributed by atoms with E-state index in [1.165, 1.54) is 5.56 Å². The number of aromatic hydroxyl groups is 1. The Labute approximate surface area is 180 Å². The van der Waals surface area contributed by atoms with E-state index >= 15 is 0 Å². The molecule has 3 N–H and O–H groups in total. The number of carbonyl (C=O) groups is 1. The first kappa shape index (κ1) is 20.3. The minimum absolute atomic E-state index is 0.0227. The highest BCUT2D eigenvalue weighted by atomic mass is 16.3. The second kappa shape index (κ2) is 9.26. The van der Waals surface area contributed by atoms with Gasteiger partial charge in [-0.25, -0.2) is 0 Å². The van der Waals surface area contributed by atoms with E-state index in [1.807, 2.05) is 49.4 Å². The van der Waals surface area contributed by atoms with Crippen molar-refractivity contribution in [2.75, 3.05) is 0 Å². The summed E-state index contributed by atoms with van der Waals surface area (Å²) in [5, 5.41) is 22.3. The topological polar surface area (TPSA) is 89.8 Å². The quantitative estimate of drug-likeness (QED) is 0.323. The fraction of sp³-hybridized carbons (Fsp3) is 0.160. The molecule has 1 heterocycles. The van der Waals surface area contributed by atoms with Crippen LogP contribution in [0.3, 0.4) is 0 Å². The van der Waals surface area contributed by atoms with Crippen molar-refractivity contribution in [2.45, 2.75) is 25.8 Å². The van der Waals surface area contributed by atoms with Crippen LogP contribution in [0, 0.1) is 0 Å². The van der Waals surface area contributed by atoms with Crippen LogP contribution in [0.1, 0.15) is 29.3 Å². The van der Waals surface area contributed by atoms with Crippen LogP contribution in [0.25, 0.3) is 10.9 Å². The number of para-hydroxylation sites is 1. The zero-order valence-corrected chi connectivity index (χ0v) is 17.2. The van der Waals surface area contributed by atoms with E-state index in [-0.39, 0.29) is 17.8 Å². The number of aryl methyl sites for hydroxylation is 1. The SMILES string of the molecule is CC(CCc1ccccc1)NC(=O)c1ccc(N=Nc2c(O)[nH]c3ccccc23)cc1. The molecule has 0 saturated carbocycles. The molecule has 0 fully saturated rings. The molecule has 0 aliphatic heterocycles. The van der Waals surface area contributed by atoms with E-state index < -0.39 is 0 Å². The van der Waals surface area contributed by atoms with Gasteiger partial charge in [-0.05, 0) is 55.7 Å². The fourth-order valence-electron chi connectivity index (χ4n) is 3.41. The van der Waals surface area contributed by atoms with Gasteiger partial charge in [-0.1, -0.05) is 48.5 Å². The Morgan fingerprint density at radius 3 is 2.45 bits per heavy atom. The summed E-state index contributed by atoms with van der Waals surface area (Å²) in [4.78, 5) is 15.4. The molecule has 6 heteroatoms. The molecule has 0 spiro atoms. The van der Waals surface area contributed by atoms with Crippen molar-refractivity contribution >= 4 is 28.2 Å². The van der Waals surface area contributed by atoms with Gasteiger partial charge in [-0.3, -0.25) is 4.79 Å². The lowest BCUT2D eigenvalue weighted by Crippen LogP contribution is -2.32. The summed E-state index contributed by atoms with van der Waals surface area (Å²) in [6.07, 6.45) is 1.79. The van der Waals surface area contributed by atoms with Crippen LogP contribution in [0.15, 0.2) is 89.1 Å². The second-order valence-electron chi connectivity index (χ2n) is 7.51. The number of hydrogen-bond donors (Lipinski definition) is 3. The Hall–Kier alpha value is -3.93. The van der Waals surface area contributed by atoms with E-state index in [0.29, 0.717) is 16.9 Å². The molecule has 0 bridgehead atoms. The maximum atomic E-state index is 12.5. The van der Waals surface area contributed by atoms with Crippen LogP contribution in [0.2, 0.25) is 0 Å². The number of nitrogens with one attached hydrogen (secondary N) is 2. The smallest absolute Gasteiger partial charge is 0.251 e. The third-order valence-electron chi connectivity index (χ3n) is 5.14. The van der Waals surface area contributed by atoms with Crippen molar-refractivity contribution in [1.82, 2.24) is 10.3 Å². The molecule has 31 heavy (non-hydrogen) atoms. The number of aromatic amines is 1. The van der Waals surface area contributed by atoms with Gasteiger partial charge in [-0.2, -0.15) is 5.11 Å². The molecule has 3 aromatic carbocycles. The number of nitrogens with zero attached hydrogens (tertiary/aromatic N) is 2. The van der Waals surface area contributed by atoms with Gasteiger partial charge in [0.25, 0.3) is 5.91 Å². The number of benzene rings is 3. The first-order chi connectivity index (χ1) is 15.1. The Kier molecular flexibility index (Phi) is 6.08. The van der Waals surface area contributed by atoms with Gasteiger partial charge in [-0.15, -0.1) is 5.11 Å². The largest absolute Gasteiger partial charge is 0.493 e. The van der Waals surface area contributed by atoms with Crippen LogP contribution in [0.4, 0.5) is 11.4 Å². The predicted octanol–water partition coefficient (Wildman–Crippen LogP) is 6.04. The molecule has 6 nitrogen and oxygen atoms in total. The lowest BCUT2D eigenvalue weighted by atomic mass is 10.1. The molecule has 0 radical (unpaired) electrons. The summed E-state index contributed by atoms with van der Waals surface area (Å²) in [7, 11) is 0. The second-order valence-corrected chi connectivity index (χ2v) is 7.51. The van der Waals surface area contributed by atoms with E-state index in [0.717, 1.165) is 23.7 Å². The van der Waals surface area contributed by atoms with E-state index in [1.54, 1.807) is 24.3 Å². The van der Waals surface area contributed by atoms with Crippen LogP contribution in [-0.4, -0.2) is 22.0 Å². The summed E-state index contributed by atoms with van der Waals surface area (Å²) in [5.74, 6) is -0.135. The van der Waals surface area contributed by atoms with E-state index in [9.17, 15) is 9.90 Å². The third-order valence-corrected chi connectivity index (χ3v) is 5.14. The number of fused-ring (bicyclic) bond motifs is 1. The molecule has 0 aliphatic carbocycles. The van der Waals surface area contributed by atoms with Gasteiger partial charge >= 0.3 is 0 Å². The Morgan fingerprint density at radius 1 is 0.968 bits per heavy atom. The number of carbonyl (C=O) groups excluding carboxylic acids is 1. The zero-order chi connectivity index (χ0) is 21.6. The molecule has 1 amide bonds. The van der Waals surface area contributed by atoms with Crippen molar-refractivity contribution in [3.63, 3.8) is 0 Å². The molecule has 1 atom stereocenters. The third kappa shape index (κ3) is 4.98. The number of hydrogen-bond acceptors (Lipinski definition) is 4. The summed E-state index contributed by atoms with van der Waals surface area (Å²) >= 11 is 0. The molecule has 1 unspecified atom stereocenters. The first-order valence-corrected chi connectivity index (χ1v) is 10.3. The van der Waals surface area contributed by atoms with Crippen molar-refractivity contribution in [3.05, 3.63) is 90.0 Å². The molecular weight excluding hydrogens is 388 g/mol. The highest BCUT2D eigenvalue weighted by molar-refractivity contribution is 5.95. The lowest BCUT2D eigenvalue weighted by Gasteiger charge is -2.14. The van der Waals surface area contributed by atoms with Gasteiger partial charge in [0.1, 0.15) is 0 Å². The highest BCUT2D eigenvalue weighted by Gasteiger charge is 2.11. The summed E-state index contributed by atoms with van der Waals surface area (Å²) < 4.78 is 0. The minimum atomic E-state index is -0.113. The van der Waals surface area contributed by atoms with E-state index in [2.05, 4.69) is 32.7 Å². The number of azo groups is 1. The zero-order valence-electron chi connectivity index (χ0n) is 17.2. The molecule has 1 aromatic heterocycles. The maximum absolute atomic E-state index is 12.5. The van der Waals surface area contributed by atoms with Crippen LogP contribution in [-0.2, 0) is 6.42 Å². The molecule has 0 saturated heterocycles. The molecule has 156 valence electrons. The van der Waals surface area contributed by atoms with E-state index in [4.69, 9.17) is 0 Å². The number of amides is 1. The molecule has 4 rings (SSSR count). The summed E-state index contributed by atoms with van der Waals surface area (Å²) in [6, 6.07) is 24.7. The summed E-state index contributed by atoms with van der Waals surface area (Å²) in [5.41, 5.74) is 3.62. The van der Waals surface area contributed by atoms with Gasteiger partial charge in [0.05, 0.1) is 11.2 Å². The van der Waals surface area contributed by atoms with Gasteiger partial charge in [0.15, 0.2) is 5.69 Å². The Morgan fingerprint density at radius 2 is 1.68 bits per heavy atom. The average molecular weight is 412 g/mol. The molecular formula is C25H24N4O2. The number of aromatic nitrogens is 1. The minimum Gasteiger partial charge on any atom is -0.493 e. The lowest BCUT2D eigenvalue weighted by molar-refractivity contribution is 0.0938. The standard InChI is InChI=1S/C25H24N4O2/c1-17(11-12-18-7-3-2-4-8-18)26-24(30)19-13-15-20(16-14-19)28-29-23-21-9-5-6-10-22(21)27-25(23)31/h2-10,13-17,27,31H,11-12H2,1H3,(H,26,30). The highest BCUT2D eigenvalue weighted by Crippen LogP contribution is 2.36. The van der Waals surface area contributed by atoms with Crippen molar-refractivity contribution < 1.29 is 9.90 Å². The Balaban J connectivity index is 1.36. The normalized spacial score (nSPS) is 12.3. The molecule has 4 aromatic rings. The Bertz CT molecular complexity index is 1200. The van der Waals surface area contributed by atoms with Crippen LogP contribution in [0.5, 0.6) is 5.88 Å². The number of rotatable bonds is 7. The summed E-state index contributed by atoms with van der Waals surface area (Å²) in [6.45, 7) is 2.01. The van der Waals surface area contributed by atoms with Crippen molar-refractivity contribution in [3.8, 4) is 5.88 Å². The molecule has 0 aliphatic rings. The predicted molar refractivity (Wildman–Crippen MR) is 122 cm³/mol. The van der Waals surface area contributed by atoms with Crippen LogP contribution < -0.4 is 5.32 Å². The number of H-pyrrole nitrogens is 1. The van der Waals surface area contributed by atoms with Crippen LogP contribution >= 0.6 is 0 Å². The fourth-order valence-corrected chi connectivity index (χ4v) is 3.41. The van der Waals surface area contributed by atoms with Gasteiger partial charge in [0, 0.05) is 17.0 Å². The van der Waals surface area contributed by atoms with Crippen molar-refractivity contribution in [1.29, 1.82) is 0 Å². The monoisotopic (exact) mass is 412 g/mol. The first-order valence-electron chi connectivity index (χ1n) is 10.3. The van der Waals surface area contributed by atoms with Gasteiger partial charge < -0.3 is 15.4 Å². The van der Waals surface area contributed by atoms with Gasteiger partial charge in [0.2, 0.25) is 5.88 Å². The average Bonchev–Trinajstić information content (AvgIpc) is 3.12. The van der Waals surface area contributed by atoms with Crippen molar-refractivity contribution in [2.24, 2.45) is 10.2 Å².